The quantitative estimate of drug-likeness (QED) is 0.571. The van der Waals surface area contributed by atoms with Crippen LogP contribution in [0.4, 0.5) is 11.4 Å². The molecule has 0 spiro atoms. The number of amides is 1. The molecule has 4 nitrogen and oxygen atoms in total. The van der Waals surface area contributed by atoms with Gasteiger partial charge in [0.2, 0.25) is 0 Å². The summed E-state index contributed by atoms with van der Waals surface area (Å²) < 4.78 is 0. The number of rotatable bonds is 2. The number of anilines is 2. The number of aryl methyl sites for hydroxylation is 2. The molecule has 0 saturated carbocycles. The highest BCUT2D eigenvalue weighted by Gasteiger charge is 2.09. The van der Waals surface area contributed by atoms with E-state index in [2.05, 4.69) is 5.32 Å². The summed E-state index contributed by atoms with van der Waals surface area (Å²) in [7, 11) is 0. The minimum absolute atomic E-state index is 0.176. The van der Waals surface area contributed by atoms with Gasteiger partial charge in [-0.05, 0) is 55.3 Å². The molecule has 0 atom stereocenters. The average Bonchev–Trinajstić information content (AvgIpc) is 2.36. The van der Waals surface area contributed by atoms with Crippen LogP contribution in [0, 0.1) is 13.8 Å². The van der Waals surface area contributed by atoms with Crippen LogP contribution in [-0.2, 0) is 0 Å². The Bertz CT molecular complexity index is 636. The maximum Gasteiger partial charge on any atom is 0.255 e. The van der Waals surface area contributed by atoms with Crippen LogP contribution in [0.1, 0.15) is 21.5 Å². The van der Waals surface area contributed by atoms with Crippen LogP contribution in [0.25, 0.3) is 0 Å². The van der Waals surface area contributed by atoms with E-state index in [0.29, 0.717) is 16.9 Å². The lowest BCUT2D eigenvalue weighted by Gasteiger charge is -2.09. The van der Waals surface area contributed by atoms with Gasteiger partial charge in [-0.2, -0.15) is 0 Å². The van der Waals surface area contributed by atoms with E-state index in [4.69, 9.17) is 5.73 Å². The molecule has 0 heterocycles. The number of nitrogen functional groups attached to an aromatic ring is 1. The van der Waals surface area contributed by atoms with Crippen LogP contribution in [0.5, 0.6) is 5.75 Å². The van der Waals surface area contributed by atoms with Gasteiger partial charge in [0.05, 0.1) is 0 Å². The SMILES string of the molecule is Cc1ccc(C(=O)Nc2ccc(O)cc2C)cc1N. The smallest absolute Gasteiger partial charge is 0.255 e. The molecule has 4 heteroatoms. The number of phenols is 1. The predicted molar refractivity (Wildman–Crippen MR) is 76.4 cm³/mol. The van der Waals surface area contributed by atoms with Crippen LogP contribution < -0.4 is 11.1 Å². The summed E-state index contributed by atoms with van der Waals surface area (Å²) in [6, 6.07) is 10.00. The molecule has 0 saturated heterocycles. The van der Waals surface area contributed by atoms with Gasteiger partial charge < -0.3 is 16.2 Å². The Labute approximate surface area is 111 Å². The molecule has 0 aliphatic rings. The van der Waals surface area contributed by atoms with Crippen molar-refractivity contribution in [3.05, 3.63) is 53.1 Å². The first-order valence-electron chi connectivity index (χ1n) is 5.94. The second-order valence-electron chi connectivity index (χ2n) is 4.52. The summed E-state index contributed by atoms with van der Waals surface area (Å²) in [4.78, 5) is 12.1. The number of hydrogen-bond acceptors (Lipinski definition) is 3. The number of nitrogens with one attached hydrogen (secondary N) is 1. The van der Waals surface area contributed by atoms with Crippen molar-refractivity contribution in [2.45, 2.75) is 13.8 Å². The molecule has 0 aliphatic carbocycles. The Morgan fingerprint density at radius 3 is 2.47 bits per heavy atom. The van der Waals surface area contributed by atoms with Gasteiger partial charge in [-0.15, -0.1) is 0 Å². The molecule has 4 N–H and O–H groups in total. The summed E-state index contributed by atoms with van der Waals surface area (Å²) in [5.41, 5.74) is 9.30. The molecule has 2 aromatic rings. The van der Waals surface area contributed by atoms with Gasteiger partial charge in [-0.3, -0.25) is 4.79 Å². The minimum Gasteiger partial charge on any atom is -0.508 e. The number of aromatic hydroxyl groups is 1. The van der Waals surface area contributed by atoms with E-state index in [0.717, 1.165) is 11.1 Å². The van der Waals surface area contributed by atoms with Crippen molar-refractivity contribution in [1.82, 2.24) is 0 Å². The number of hydrogen-bond donors (Lipinski definition) is 3. The highest BCUT2D eigenvalue weighted by atomic mass is 16.3. The first kappa shape index (κ1) is 13.0. The van der Waals surface area contributed by atoms with Crippen LogP contribution in [0.3, 0.4) is 0 Å². The Morgan fingerprint density at radius 1 is 1.11 bits per heavy atom. The predicted octanol–water partition coefficient (Wildman–Crippen LogP) is 2.84. The minimum atomic E-state index is -0.222. The molecule has 0 aromatic heterocycles. The van der Waals surface area contributed by atoms with E-state index in [1.807, 2.05) is 19.9 Å². The number of carbonyl (C=O) groups is 1. The lowest BCUT2D eigenvalue weighted by atomic mass is 10.1. The molecule has 2 rings (SSSR count). The Balaban J connectivity index is 2.23. The highest BCUT2D eigenvalue weighted by Crippen LogP contribution is 2.21. The van der Waals surface area contributed by atoms with E-state index in [-0.39, 0.29) is 11.7 Å². The number of benzene rings is 2. The van der Waals surface area contributed by atoms with Gasteiger partial charge in [0.25, 0.3) is 5.91 Å². The molecule has 98 valence electrons. The first-order chi connectivity index (χ1) is 8.97. The number of carbonyl (C=O) groups excluding carboxylic acids is 1. The van der Waals surface area contributed by atoms with Gasteiger partial charge in [-0.25, -0.2) is 0 Å². The van der Waals surface area contributed by atoms with Gasteiger partial charge in [-0.1, -0.05) is 6.07 Å². The fraction of sp³-hybridized carbons (Fsp3) is 0.133. The second-order valence-corrected chi connectivity index (χ2v) is 4.52. The van der Waals surface area contributed by atoms with Crippen molar-refractivity contribution >= 4 is 17.3 Å². The summed E-state index contributed by atoms with van der Waals surface area (Å²) in [6.07, 6.45) is 0. The summed E-state index contributed by atoms with van der Waals surface area (Å²) in [6.45, 7) is 3.71. The van der Waals surface area contributed by atoms with Crippen molar-refractivity contribution in [2.24, 2.45) is 0 Å². The average molecular weight is 256 g/mol. The van der Waals surface area contributed by atoms with Crippen molar-refractivity contribution in [3.63, 3.8) is 0 Å². The van der Waals surface area contributed by atoms with E-state index in [1.165, 1.54) is 6.07 Å². The zero-order valence-corrected chi connectivity index (χ0v) is 10.9. The van der Waals surface area contributed by atoms with Crippen molar-refractivity contribution in [2.75, 3.05) is 11.1 Å². The van der Waals surface area contributed by atoms with Crippen LogP contribution in [-0.4, -0.2) is 11.0 Å². The van der Waals surface area contributed by atoms with Gasteiger partial charge in [0.15, 0.2) is 0 Å². The maximum absolute atomic E-state index is 12.1. The molecule has 1 amide bonds. The van der Waals surface area contributed by atoms with E-state index in [1.54, 1.807) is 24.3 Å². The molecule has 0 aliphatic heterocycles. The normalized spacial score (nSPS) is 10.2. The summed E-state index contributed by atoms with van der Waals surface area (Å²) in [5, 5.41) is 12.1. The van der Waals surface area contributed by atoms with E-state index in [9.17, 15) is 9.90 Å². The lowest BCUT2D eigenvalue weighted by molar-refractivity contribution is 0.102. The molecule has 2 aromatic carbocycles. The molecule has 0 fully saturated rings. The Morgan fingerprint density at radius 2 is 1.84 bits per heavy atom. The summed E-state index contributed by atoms with van der Waals surface area (Å²) >= 11 is 0. The molecule has 0 bridgehead atoms. The zero-order chi connectivity index (χ0) is 14.0. The van der Waals surface area contributed by atoms with Gasteiger partial charge in [0.1, 0.15) is 5.75 Å². The third-order valence-electron chi connectivity index (χ3n) is 3.00. The third kappa shape index (κ3) is 2.85. The number of phenolic OH excluding ortho intramolecular Hbond substituents is 1. The first-order valence-corrected chi connectivity index (χ1v) is 5.94. The van der Waals surface area contributed by atoms with Crippen molar-refractivity contribution < 1.29 is 9.90 Å². The summed E-state index contributed by atoms with van der Waals surface area (Å²) in [5.74, 6) is -0.0458. The molecular weight excluding hydrogens is 240 g/mol. The van der Waals surface area contributed by atoms with E-state index >= 15 is 0 Å². The Kier molecular flexibility index (Phi) is 3.42. The zero-order valence-electron chi connectivity index (χ0n) is 10.9. The highest BCUT2D eigenvalue weighted by molar-refractivity contribution is 6.05. The molecule has 0 radical (unpaired) electrons. The van der Waals surface area contributed by atoms with Crippen molar-refractivity contribution in [1.29, 1.82) is 0 Å². The monoisotopic (exact) mass is 256 g/mol. The Hall–Kier alpha value is -2.49. The van der Waals surface area contributed by atoms with Crippen LogP contribution in [0.2, 0.25) is 0 Å². The second kappa shape index (κ2) is 5.02. The number of nitrogens with two attached hydrogens (primary N) is 1. The van der Waals surface area contributed by atoms with Crippen molar-refractivity contribution in [3.8, 4) is 5.75 Å². The maximum atomic E-state index is 12.1. The van der Waals surface area contributed by atoms with Gasteiger partial charge >= 0.3 is 0 Å². The fourth-order valence-electron chi connectivity index (χ4n) is 1.76. The van der Waals surface area contributed by atoms with Crippen LogP contribution >= 0.6 is 0 Å². The molecular formula is C15H16N2O2. The standard InChI is InChI=1S/C15H16N2O2/c1-9-3-4-11(8-13(9)16)15(19)17-14-6-5-12(18)7-10(14)2/h3-8,18H,16H2,1-2H3,(H,17,19). The topological polar surface area (TPSA) is 75.3 Å². The van der Waals surface area contributed by atoms with E-state index < -0.39 is 0 Å². The fourth-order valence-corrected chi connectivity index (χ4v) is 1.76. The van der Waals surface area contributed by atoms with Crippen LogP contribution in [0.15, 0.2) is 36.4 Å². The largest absolute Gasteiger partial charge is 0.508 e. The molecule has 19 heavy (non-hydrogen) atoms. The lowest BCUT2D eigenvalue weighted by Crippen LogP contribution is -2.13. The molecule has 0 unspecified atom stereocenters. The van der Waals surface area contributed by atoms with Gasteiger partial charge in [0, 0.05) is 16.9 Å². The third-order valence-corrected chi connectivity index (χ3v) is 3.00.